The molecule has 3 aromatic rings. The summed E-state index contributed by atoms with van der Waals surface area (Å²) in [6.07, 6.45) is 1.58. The Hall–Kier alpha value is -2.88. The normalized spacial score (nSPS) is 10.6. The van der Waals surface area contributed by atoms with Gasteiger partial charge in [-0.3, -0.25) is 9.36 Å². The molecule has 2 N–H and O–H groups in total. The number of hydrogen-bond acceptors (Lipinski definition) is 3. The Morgan fingerprint density at radius 1 is 0.955 bits per heavy atom. The number of anilines is 1. The molecule has 0 radical (unpaired) electrons. The second kappa shape index (κ2) is 5.48. The summed E-state index contributed by atoms with van der Waals surface area (Å²) >= 11 is 0. The summed E-state index contributed by atoms with van der Waals surface area (Å²) in [5.74, 6) is 0.113. The number of nitrogens with two attached hydrogens (primary N) is 1. The van der Waals surface area contributed by atoms with Crippen LogP contribution in [0.3, 0.4) is 0 Å². The lowest BCUT2D eigenvalue weighted by Crippen LogP contribution is -2.11. The first-order chi connectivity index (χ1) is 10.6. The summed E-state index contributed by atoms with van der Waals surface area (Å²) in [6.45, 7) is 4.00. The van der Waals surface area contributed by atoms with E-state index in [2.05, 4.69) is 4.98 Å². The molecule has 0 aliphatic heterocycles. The van der Waals surface area contributed by atoms with Crippen LogP contribution in [0.4, 0.5) is 5.82 Å². The van der Waals surface area contributed by atoms with Crippen LogP contribution in [-0.4, -0.2) is 15.3 Å². The number of hydrogen-bond donors (Lipinski definition) is 1. The predicted octanol–water partition coefficient (Wildman–Crippen LogP) is 3.30. The zero-order valence-corrected chi connectivity index (χ0v) is 12.6. The molecule has 3 rings (SSSR count). The number of aromatic nitrogens is 2. The number of ketones is 1. The van der Waals surface area contributed by atoms with Crippen LogP contribution in [0.15, 0.2) is 54.9 Å². The van der Waals surface area contributed by atoms with Crippen molar-refractivity contribution in [3.05, 3.63) is 77.2 Å². The molecule has 2 aromatic carbocycles. The third-order valence-corrected chi connectivity index (χ3v) is 3.64. The summed E-state index contributed by atoms with van der Waals surface area (Å²) in [4.78, 5) is 16.9. The Bertz CT molecular complexity index is 815. The maximum Gasteiger partial charge on any atom is 0.213 e. The first kappa shape index (κ1) is 14.1. The Kier molecular flexibility index (Phi) is 3.51. The van der Waals surface area contributed by atoms with Crippen LogP contribution >= 0.6 is 0 Å². The summed E-state index contributed by atoms with van der Waals surface area (Å²) < 4.78 is 1.73. The van der Waals surface area contributed by atoms with Crippen molar-refractivity contribution in [3.63, 3.8) is 0 Å². The zero-order chi connectivity index (χ0) is 15.7. The van der Waals surface area contributed by atoms with Crippen molar-refractivity contribution >= 4 is 11.6 Å². The SMILES string of the molecule is Cc1ccc(C(=O)c2c(N)ncn2-c2ccc(C)cc2)cc1. The molecule has 0 bridgehead atoms. The van der Waals surface area contributed by atoms with E-state index in [0.29, 0.717) is 11.3 Å². The van der Waals surface area contributed by atoms with Crippen molar-refractivity contribution < 1.29 is 4.79 Å². The minimum Gasteiger partial charge on any atom is -0.382 e. The minimum absolute atomic E-state index is 0.129. The van der Waals surface area contributed by atoms with E-state index < -0.39 is 0 Å². The molecular weight excluding hydrogens is 274 g/mol. The van der Waals surface area contributed by atoms with Crippen LogP contribution in [0.1, 0.15) is 27.2 Å². The van der Waals surface area contributed by atoms with E-state index in [1.807, 2.05) is 62.4 Å². The summed E-state index contributed by atoms with van der Waals surface area (Å²) in [5, 5.41) is 0. The monoisotopic (exact) mass is 291 g/mol. The number of nitrogens with zero attached hydrogens (tertiary/aromatic N) is 2. The third kappa shape index (κ3) is 2.51. The Morgan fingerprint density at radius 2 is 1.50 bits per heavy atom. The van der Waals surface area contributed by atoms with E-state index >= 15 is 0 Å². The fourth-order valence-corrected chi connectivity index (χ4v) is 2.33. The second-order valence-electron chi connectivity index (χ2n) is 5.38. The molecule has 0 atom stereocenters. The Morgan fingerprint density at radius 3 is 2.09 bits per heavy atom. The van der Waals surface area contributed by atoms with Gasteiger partial charge in [-0.2, -0.15) is 0 Å². The minimum atomic E-state index is -0.129. The van der Waals surface area contributed by atoms with Crippen molar-refractivity contribution in [2.24, 2.45) is 0 Å². The predicted molar refractivity (Wildman–Crippen MR) is 87.3 cm³/mol. The van der Waals surface area contributed by atoms with Crippen molar-refractivity contribution in [1.82, 2.24) is 9.55 Å². The fourth-order valence-electron chi connectivity index (χ4n) is 2.33. The highest BCUT2D eigenvalue weighted by atomic mass is 16.1. The number of aryl methyl sites for hydroxylation is 2. The van der Waals surface area contributed by atoms with Gasteiger partial charge < -0.3 is 5.73 Å². The maximum atomic E-state index is 12.8. The smallest absolute Gasteiger partial charge is 0.213 e. The number of nitrogen functional groups attached to an aromatic ring is 1. The second-order valence-corrected chi connectivity index (χ2v) is 5.38. The van der Waals surface area contributed by atoms with E-state index in [1.54, 1.807) is 10.9 Å². The summed E-state index contributed by atoms with van der Waals surface area (Å²) in [5.41, 5.74) is 10.1. The molecule has 0 aliphatic carbocycles. The van der Waals surface area contributed by atoms with Gasteiger partial charge in [0, 0.05) is 11.3 Å². The Balaban J connectivity index is 2.07. The molecule has 0 saturated heterocycles. The van der Waals surface area contributed by atoms with Gasteiger partial charge in [-0.25, -0.2) is 4.98 Å². The molecule has 1 heterocycles. The highest BCUT2D eigenvalue weighted by Gasteiger charge is 2.19. The topological polar surface area (TPSA) is 60.9 Å². The van der Waals surface area contributed by atoms with Crippen LogP contribution in [0.5, 0.6) is 0 Å². The quantitative estimate of drug-likeness (QED) is 0.753. The molecule has 0 amide bonds. The lowest BCUT2D eigenvalue weighted by Gasteiger charge is -2.09. The molecule has 0 spiro atoms. The summed E-state index contributed by atoms with van der Waals surface area (Å²) in [6, 6.07) is 15.3. The largest absolute Gasteiger partial charge is 0.382 e. The molecule has 110 valence electrons. The highest BCUT2D eigenvalue weighted by Crippen LogP contribution is 2.20. The van der Waals surface area contributed by atoms with Crippen LogP contribution in [0, 0.1) is 13.8 Å². The highest BCUT2D eigenvalue weighted by molar-refractivity contribution is 6.10. The molecule has 0 aliphatic rings. The van der Waals surface area contributed by atoms with E-state index in [0.717, 1.165) is 16.8 Å². The Labute approximate surface area is 129 Å². The van der Waals surface area contributed by atoms with Crippen molar-refractivity contribution in [2.45, 2.75) is 13.8 Å². The van der Waals surface area contributed by atoms with Crippen molar-refractivity contribution in [1.29, 1.82) is 0 Å². The number of benzene rings is 2. The number of carbonyl (C=O) groups excluding carboxylic acids is 1. The van der Waals surface area contributed by atoms with Gasteiger partial charge in [0.15, 0.2) is 5.82 Å². The standard InChI is InChI=1S/C18H17N3O/c1-12-3-7-14(8-4-12)17(22)16-18(19)20-11-21(16)15-9-5-13(2)6-10-15/h3-11H,19H2,1-2H3. The molecule has 1 aromatic heterocycles. The van der Waals surface area contributed by atoms with Gasteiger partial charge >= 0.3 is 0 Å². The van der Waals surface area contributed by atoms with Crippen LogP contribution in [-0.2, 0) is 0 Å². The number of rotatable bonds is 3. The lowest BCUT2D eigenvalue weighted by molar-refractivity contribution is 0.103. The van der Waals surface area contributed by atoms with Crippen LogP contribution < -0.4 is 5.73 Å². The fraction of sp³-hybridized carbons (Fsp3) is 0.111. The molecule has 0 unspecified atom stereocenters. The average molecular weight is 291 g/mol. The van der Waals surface area contributed by atoms with E-state index in [9.17, 15) is 4.79 Å². The van der Waals surface area contributed by atoms with Gasteiger partial charge in [0.1, 0.15) is 12.0 Å². The molecule has 4 nitrogen and oxygen atoms in total. The number of imidazole rings is 1. The first-order valence-electron chi connectivity index (χ1n) is 7.07. The van der Waals surface area contributed by atoms with Gasteiger partial charge in [0.05, 0.1) is 0 Å². The van der Waals surface area contributed by atoms with Crippen LogP contribution in [0.2, 0.25) is 0 Å². The van der Waals surface area contributed by atoms with E-state index in [4.69, 9.17) is 5.73 Å². The molecule has 0 saturated carbocycles. The third-order valence-electron chi connectivity index (χ3n) is 3.64. The molecule has 0 fully saturated rings. The lowest BCUT2D eigenvalue weighted by atomic mass is 10.1. The summed E-state index contributed by atoms with van der Waals surface area (Å²) in [7, 11) is 0. The molecular formula is C18H17N3O. The number of carbonyl (C=O) groups is 1. The van der Waals surface area contributed by atoms with E-state index in [1.165, 1.54) is 0 Å². The van der Waals surface area contributed by atoms with E-state index in [-0.39, 0.29) is 11.6 Å². The first-order valence-corrected chi connectivity index (χ1v) is 7.07. The molecule has 22 heavy (non-hydrogen) atoms. The van der Waals surface area contributed by atoms with Crippen molar-refractivity contribution in [2.75, 3.05) is 5.73 Å². The van der Waals surface area contributed by atoms with Gasteiger partial charge in [0.25, 0.3) is 0 Å². The average Bonchev–Trinajstić information content (AvgIpc) is 2.90. The van der Waals surface area contributed by atoms with Gasteiger partial charge in [0.2, 0.25) is 5.78 Å². The molecule has 4 heteroatoms. The van der Waals surface area contributed by atoms with Crippen molar-refractivity contribution in [3.8, 4) is 5.69 Å². The van der Waals surface area contributed by atoms with Gasteiger partial charge in [-0.05, 0) is 26.0 Å². The van der Waals surface area contributed by atoms with Gasteiger partial charge in [-0.15, -0.1) is 0 Å². The zero-order valence-electron chi connectivity index (χ0n) is 12.6. The van der Waals surface area contributed by atoms with Gasteiger partial charge in [-0.1, -0.05) is 47.5 Å². The maximum absolute atomic E-state index is 12.8. The van der Waals surface area contributed by atoms with Crippen LogP contribution in [0.25, 0.3) is 5.69 Å².